The molecule has 4 nitrogen and oxygen atoms in total. The molecule has 0 atom stereocenters. The van der Waals surface area contributed by atoms with E-state index in [-0.39, 0.29) is 16.1 Å². The van der Waals surface area contributed by atoms with Crippen LogP contribution in [0.15, 0.2) is 17.0 Å². The van der Waals surface area contributed by atoms with Crippen LogP contribution in [-0.4, -0.2) is 11.1 Å². The quantitative estimate of drug-likeness (QED) is 0.442. The average molecular weight is 212 g/mol. The summed E-state index contributed by atoms with van der Waals surface area (Å²) >= 11 is 0.554. The maximum Gasteiger partial charge on any atom is 0.337 e. The van der Waals surface area contributed by atoms with Crippen molar-refractivity contribution in [1.82, 2.24) is 0 Å². The van der Waals surface area contributed by atoms with Crippen LogP contribution in [0.4, 0.5) is 10.1 Å². The maximum atomic E-state index is 13.0. The number of anilines is 1. The predicted molar refractivity (Wildman–Crippen MR) is 49.2 cm³/mol. The number of thioether (sulfide) groups is 1. The molecule has 0 unspecified atom stereocenters. The third-order valence-electron chi connectivity index (χ3n) is 1.49. The molecule has 6 heteroatoms. The van der Waals surface area contributed by atoms with E-state index in [0.29, 0.717) is 11.8 Å². The van der Waals surface area contributed by atoms with E-state index in [1.165, 1.54) is 0 Å². The van der Waals surface area contributed by atoms with Crippen molar-refractivity contribution < 1.29 is 14.3 Å². The molecule has 0 bridgehead atoms. The molecule has 0 aliphatic carbocycles. The zero-order valence-electron chi connectivity index (χ0n) is 6.82. The van der Waals surface area contributed by atoms with E-state index in [9.17, 15) is 9.18 Å². The van der Waals surface area contributed by atoms with Crippen molar-refractivity contribution in [3.8, 4) is 5.40 Å². The number of nitrogen functional groups attached to an aromatic ring is 1. The summed E-state index contributed by atoms with van der Waals surface area (Å²) in [5, 5.41) is 18.6. The molecule has 0 fully saturated rings. The summed E-state index contributed by atoms with van der Waals surface area (Å²) in [6.45, 7) is 0. The number of carbonyl (C=O) groups is 1. The fourth-order valence-electron chi connectivity index (χ4n) is 0.881. The highest BCUT2D eigenvalue weighted by molar-refractivity contribution is 8.03. The van der Waals surface area contributed by atoms with E-state index in [2.05, 4.69) is 0 Å². The fraction of sp³-hybridized carbons (Fsp3) is 0. The van der Waals surface area contributed by atoms with Gasteiger partial charge in [0, 0.05) is 5.69 Å². The summed E-state index contributed by atoms with van der Waals surface area (Å²) < 4.78 is 13.0. The van der Waals surface area contributed by atoms with Gasteiger partial charge in [0.2, 0.25) is 0 Å². The molecule has 0 aliphatic rings. The number of nitriles is 1. The number of carboxylic acids is 1. The number of rotatable bonds is 2. The van der Waals surface area contributed by atoms with Gasteiger partial charge < -0.3 is 10.8 Å². The Kier molecular flexibility index (Phi) is 2.94. The Labute approximate surface area is 83.1 Å². The number of hydrogen-bond acceptors (Lipinski definition) is 4. The fourth-order valence-corrected chi connectivity index (χ4v) is 1.31. The number of hydrogen-bond donors (Lipinski definition) is 2. The topological polar surface area (TPSA) is 87.1 Å². The number of aromatic carboxylic acids is 1. The van der Waals surface area contributed by atoms with Gasteiger partial charge in [-0.05, 0) is 23.9 Å². The van der Waals surface area contributed by atoms with Crippen LogP contribution in [0.2, 0.25) is 0 Å². The van der Waals surface area contributed by atoms with Crippen LogP contribution < -0.4 is 5.73 Å². The van der Waals surface area contributed by atoms with Crippen LogP contribution in [0.1, 0.15) is 10.4 Å². The minimum absolute atomic E-state index is 0.0425. The van der Waals surface area contributed by atoms with E-state index in [0.717, 1.165) is 12.1 Å². The Morgan fingerprint density at radius 2 is 2.29 bits per heavy atom. The lowest BCUT2D eigenvalue weighted by Gasteiger charge is -2.03. The molecule has 1 aromatic carbocycles. The summed E-state index contributed by atoms with van der Waals surface area (Å²) in [7, 11) is 0. The number of carboxylic acid groups (broad SMARTS) is 1. The molecule has 0 heterocycles. The number of nitrogens with two attached hydrogens (primary N) is 1. The van der Waals surface area contributed by atoms with Crippen LogP contribution in [0.3, 0.4) is 0 Å². The van der Waals surface area contributed by atoms with Gasteiger partial charge in [0.1, 0.15) is 11.2 Å². The summed E-state index contributed by atoms with van der Waals surface area (Å²) in [5.41, 5.74) is 4.91. The minimum Gasteiger partial charge on any atom is -0.478 e. The molecule has 1 rings (SSSR count). The highest BCUT2D eigenvalue weighted by atomic mass is 32.2. The summed E-state index contributed by atoms with van der Waals surface area (Å²) in [4.78, 5) is 10.6. The highest BCUT2D eigenvalue weighted by Gasteiger charge is 2.13. The molecule has 14 heavy (non-hydrogen) atoms. The largest absolute Gasteiger partial charge is 0.478 e. The number of halogens is 1. The zero-order chi connectivity index (χ0) is 10.7. The van der Waals surface area contributed by atoms with Crippen LogP contribution >= 0.6 is 11.8 Å². The summed E-state index contributed by atoms with van der Waals surface area (Å²) in [6, 6.07) is 1.93. The molecule has 72 valence electrons. The van der Waals surface area contributed by atoms with Crippen LogP contribution in [0, 0.1) is 16.5 Å². The van der Waals surface area contributed by atoms with Crippen molar-refractivity contribution in [2.75, 3.05) is 5.73 Å². The van der Waals surface area contributed by atoms with E-state index in [4.69, 9.17) is 16.1 Å². The lowest BCUT2D eigenvalue weighted by molar-refractivity contribution is 0.0697. The van der Waals surface area contributed by atoms with Gasteiger partial charge >= 0.3 is 5.97 Å². The molecule has 0 radical (unpaired) electrons. The SMILES string of the molecule is N#CSc1cc(C(=O)O)c(N)cc1F. The smallest absolute Gasteiger partial charge is 0.337 e. The standard InChI is InChI=1S/C8H5FN2O2S/c9-5-2-6(11)4(8(12)13)1-7(5)14-3-10/h1-2H,11H2,(H,12,13). The van der Waals surface area contributed by atoms with Gasteiger partial charge in [0.25, 0.3) is 0 Å². The first-order valence-corrected chi connectivity index (χ1v) is 4.26. The Hall–Kier alpha value is -1.74. The minimum atomic E-state index is -1.25. The highest BCUT2D eigenvalue weighted by Crippen LogP contribution is 2.25. The molecule has 0 aliphatic heterocycles. The van der Waals surface area contributed by atoms with Crippen molar-refractivity contribution in [3.63, 3.8) is 0 Å². The molecule has 0 saturated heterocycles. The van der Waals surface area contributed by atoms with E-state index < -0.39 is 11.8 Å². The van der Waals surface area contributed by atoms with Gasteiger partial charge in [-0.3, -0.25) is 0 Å². The van der Waals surface area contributed by atoms with E-state index >= 15 is 0 Å². The van der Waals surface area contributed by atoms with Gasteiger partial charge in [0.15, 0.2) is 0 Å². The summed E-state index contributed by atoms with van der Waals surface area (Å²) in [6.07, 6.45) is 0. The van der Waals surface area contributed by atoms with Crippen LogP contribution in [-0.2, 0) is 0 Å². The van der Waals surface area contributed by atoms with Crippen molar-refractivity contribution in [2.45, 2.75) is 4.90 Å². The van der Waals surface area contributed by atoms with E-state index in [1.807, 2.05) is 0 Å². The second kappa shape index (κ2) is 3.98. The first kappa shape index (κ1) is 10.3. The third kappa shape index (κ3) is 1.95. The second-order valence-electron chi connectivity index (χ2n) is 2.37. The second-order valence-corrected chi connectivity index (χ2v) is 3.19. The predicted octanol–water partition coefficient (Wildman–Crippen LogP) is 1.68. The Morgan fingerprint density at radius 1 is 1.64 bits per heavy atom. The Morgan fingerprint density at radius 3 is 2.79 bits per heavy atom. The molecule has 0 aromatic heterocycles. The van der Waals surface area contributed by atoms with Crippen molar-refractivity contribution >= 4 is 23.4 Å². The van der Waals surface area contributed by atoms with Crippen molar-refractivity contribution in [1.29, 1.82) is 5.26 Å². The first-order chi connectivity index (χ1) is 6.56. The molecule has 0 spiro atoms. The third-order valence-corrected chi connectivity index (χ3v) is 2.11. The van der Waals surface area contributed by atoms with Gasteiger partial charge in [0.05, 0.1) is 10.5 Å². The molecule has 0 amide bonds. The molecular formula is C8H5FN2O2S. The summed E-state index contributed by atoms with van der Waals surface area (Å²) in [5.74, 6) is -1.94. The Balaban J connectivity index is 3.28. The van der Waals surface area contributed by atoms with Crippen molar-refractivity contribution in [3.05, 3.63) is 23.5 Å². The van der Waals surface area contributed by atoms with Gasteiger partial charge in [-0.15, -0.1) is 0 Å². The first-order valence-electron chi connectivity index (χ1n) is 3.44. The maximum absolute atomic E-state index is 13.0. The molecular weight excluding hydrogens is 207 g/mol. The molecule has 0 saturated carbocycles. The Bertz CT molecular complexity index is 428. The van der Waals surface area contributed by atoms with Gasteiger partial charge in [-0.2, -0.15) is 5.26 Å². The van der Waals surface area contributed by atoms with Crippen LogP contribution in [0.5, 0.6) is 0 Å². The molecule has 1 aromatic rings. The van der Waals surface area contributed by atoms with Gasteiger partial charge in [-0.1, -0.05) is 0 Å². The number of thiocyanates is 1. The van der Waals surface area contributed by atoms with Crippen LogP contribution in [0.25, 0.3) is 0 Å². The zero-order valence-corrected chi connectivity index (χ0v) is 7.64. The number of nitrogens with zero attached hydrogens (tertiary/aromatic N) is 1. The van der Waals surface area contributed by atoms with Crippen molar-refractivity contribution in [2.24, 2.45) is 0 Å². The lowest BCUT2D eigenvalue weighted by Crippen LogP contribution is -2.03. The normalized spacial score (nSPS) is 9.43. The monoisotopic (exact) mass is 212 g/mol. The number of benzene rings is 1. The molecule has 3 N–H and O–H groups in total. The van der Waals surface area contributed by atoms with E-state index in [1.54, 1.807) is 5.40 Å². The lowest BCUT2D eigenvalue weighted by atomic mass is 10.2. The van der Waals surface area contributed by atoms with Gasteiger partial charge in [-0.25, -0.2) is 9.18 Å². The average Bonchev–Trinajstić information content (AvgIpc) is 2.09.